The number of carbonyl (C=O) groups is 1. The number of hydrogen-bond donors (Lipinski definition) is 2. The molecule has 3 aromatic rings. The minimum Gasteiger partial charge on any atom is -0.310 e. The van der Waals surface area contributed by atoms with Crippen LogP contribution in [0, 0.1) is 11.7 Å². The van der Waals surface area contributed by atoms with Crippen LogP contribution >= 0.6 is 11.8 Å². The number of fused-ring (bicyclic) bond motifs is 2. The van der Waals surface area contributed by atoms with Gasteiger partial charge in [0.25, 0.3) is 5.56 Å². The lowest BCUT2D eigenvalue weighted by Crippen LogP contribution is -2.33. The van der Waals surface area contributed by atoms with Crippen LogP contribution in [0.3, 0.4) is 0 Å². The van der Waals surface area contributed by atoms with Gasteiger partial charge in [-0.3, -0.25) is 14.6 Å². The Bertz CT molecular complexity index is 1290. The lowest BCUT2D eigenvalue weighted by Gasteiger charge is -2.29. The summed E-state index contributed by atoms with van der Waals surface area (Å²) in [7, 11) is 1.68. The van der Waals surface area contributed by atoms with Crippen molar-refractivity contribution in [3.8, 4) is 0 Å². The Balaban J connectivity index is 1.15. The molecule has 2 aliphatic rings. The van der Waals surface area contributed by atoms with Crippen molar-refractivity contribution in [3.63, 3.8) is 0 Å². The molecule has 1 aliphatic carbocycles. The summed E-state index contributed by atoms with van der Waals surface area (Å²) in [6, 6.07) is 7.61. The highest BCUT2D eigenvalue weighted by atomic mass is 32.2. The van der Waals surface area contributed by atoms with Gasteiger partial charge in [0.2, 0.25) is 5.91 Å². The molecule has 2 N–H and O–H groups in total. The number of halogens is 1. The fourth-order valence-corrected chi connectivity index (χ4v) is 5.75. The van der Waals surface area contributed by atoms with Crippen molar-refractivity contribution >= 4 is 34.5 Å². The molecule has 1 fully saturated rings. The van der Waals surface area contributed by atoms with Crippen molar-refractivity contribution in [1.82, 2.24) is 19.9 Å². The van der Waals surface area contributed by atoms with Gasteiger partial charge in [-0.1, -0.05) is 0 Å². The molecule has 178 valence electrons. The fraction of sp³-hybridized carbons (Fsp3) is 0.440. The van der Waals surface area contributed by atoms with Gasteiger partial charge >= 0.3 is 0 Å². The minimum absolute atomic E-state index is 0.00435. The van der Waals surface area contributed by atoms with Gasteiger partial charge in [-0.25, -0.2) is 9.37 Å². The Morgan fingerprint density at radius 3 is 2.82 bits per heavy atom. The van der Waals surface area contributed by atoms with Crippen LogP contribution in [0.5, 0.6) is 0 Å². The number of rotatable bonds is 6. The first-order valence-electron chi connectivity index (χ1n) is 11.8. The first-order chi connectivity index (χ1) is 16.5. The third kappa shape index (κ3) is 4.86. The smallest absolute Gasteiger partial charge is 0.250 e. The van der Waals surface area contributed by atoms with E-state index in [1.54, 1.807) is 13.1 Å². The summed E-state index contributed by atoms with van der Waals surface area (Å²) in [5, 5.41) is 6.45. The third-order valence-electron chi connectivity index (χ3n) is 6.94. The highest BCUT2D eigenvalue weighted by Crippen LogP contribution is 2.31. The van der Waals surface area contributed by atoms with Crippen LogP contribution in [0.25, 0.3) is 11.0 Å². The fourth-order valence-electron chi connectivity index (χ4n) is 4.99. The van der Waals surface area contributed by atoms with Gasteiger partial charge in [0.15, 0.2) is 0 Å². The van der Waals surface area contributed by atoms with Crippen LogP contribution < -0.4 is 16.2 Å². The number of nitrogens with one attached hydrogen (secondary N) is 2. The van der Waals surface area contributed by atoms with E-state index in [2.05, 4.69) is 20.6 Å². The van der Waals surface area contributed by atoms with Gasteiger partial charge < -0.3 is 15.2 Å². The highest BCUT2D eigenvalue weighted by Gasteiger charge is 2.23. The lowest BCUT2D eigenvalue weighted by molar-refractivity contribution is -0.113. The van der Waals surface area contributed by atoms with E-state index in [-0.39, 0.29) is 17.3 Å². The summed E-state index contributed by atoms with van der Waals surface area (Å²) < 4.78 is 16.1. The maximum Gasteiger partial charge on any atom is 0.250 e. The molecule has 0 aromatic carbocycles. The summed E-state index contributed by atoms with van der Waals surface area (Å²) in [6.07, 6.45) is 7.09. The summed E-state index contributed by atoms with van der Waals surface area (Å²) in [4.78, 5) is 33.4. The summed E-state index contributed by atoms with van der Waals surface area (Å²) >= 11 is 1.52. The zero-order chi connectivity index (χ0) is 23.7. The molecule has 0 radical (unpaired) electrons. The number of aryl methyl sites for hydroxylation is 2. The molecule has 0 bridgehead atoms. The molecule has 1 aliphatic heterocycles. The molecule has 4 heterocycles. The number of pyridine rings is 3. The summed E-state index contributed by atoms with van der Waals surface area (Å²) in [5.74, 6) is 1.30. The average Bonchev–Trinajstić information content (AvgIpc) is 2.85. The number of hydrogen-bond acceptors (Lipinski definition) is 6. The van der Waals surface area contributed by atoms with Crippen LogP contribution in [0.4, 0.5) is 10.2 Å². The third-order valence-corrected chi connectivity index (χ3v) is 7.98. The van der Waals surface area contributed by atoms with E-state index < -0.39 is 0 Å². The van der Waals surface area contributed by atoms with Crippen LogP contribution in [-0.2, 0) is 24.8 Å². The number of nitrogens with zero attached hydrogens (tertiary/aromatic N) is 3. The SMILES string of the molecule is Cn1c(=O)ccc2ncc(F)c(CC[C@H]3CC[C@H](NCc4ccc5c(n4)NC(=O)CS5)CC3)c21. The molecule has 34 heavy (non-hydrogen) atoms. The Morgan fingerprint density at radius 1 is 1.18 bits per heavy atom. The summed E-state index contributed by atoms with van der Waals surface area (Å²) in [6.45, 7) is 0.672. The van der Waals surface area contributed by atoms with Crippen molar-refractivity contribution < 1.29 is 9.18 Å². The minimum atomic E-state index is -0.337. The number of thioether (sulfide) groups is 1. The number of aromatic nitrogens is 3. The van der Waals surface area contributed by atoms with Crippen molar-refractivity contribution in [2.75, 3.05) is 11.1 Å². The molecule has 0 spiro atoms. The van der Waals surface area contributed by atoms with E-state index in [0.29, 0.717) is 53.1 Å². The molecule has 3 aromatic heterocycles. The molecule has 0 unspecified atom stereocenters. The molecule has 0 saturated heterocycles. The van der Waals surface area contributed by atoms with E-state index in [0.717, 1.165) is 42.7 Å². The van der Waals surface area contributed by atoms with Crippen molar-refractivity contribution in [2.45, 2.75) is 56.0 Å². The van der Waals surface area contributed by atoms with E-state index in [9.17, 15) is 14.0 Å². The predicted octanol–water partition coefficient (Wildman–Crippen LogP) is 3.79. The molecule has 5 rings (SSSR count). The maximum atomic E-state index is 14.6. The van der Waals surface area contributed by atoms with Gasteiger partial charge in [-0.15, -0.1) is 11.8 Å². The Morgan fingerprint density at radius 2 is 2.00 bits per heavy atom. The first-order valence-corrected chi connectivity index (χ1v) is 12.8. The molecular formula is C25H28FN5O2S. The second-order valence-electron chi connectivity index (χ2n) is 9.17. The zero-order valence-electron chi connectivity index (χ0n) is 19.1. The van der Waals surface area contributed by atoms with Crippen molar-refractivity contribution in [3.05, 3.63) is 57.9 Å². The molecule has 1 saturated carbocycles. The molecular weight excluding hydrogens is 453 g/mol. The number of amides is 1. The topological polar surface area (TPSA) is 88.9 Å². The standard InChI is InChI=1S/C25H28FN5O2S/c1-31-23(33)11-9-20-24(31)18(19(26)13-28-20)8-4-15-2-5-16(6-3-15)27-12-17-7-10-21-25(29-17)30-22(32)14-34-21/h7,9-11,13,15-16,27H,2-6,8,12,14H2,1H3,(H,29,30,32)/t15-,16-. The largest absolute Gasteiger partial charge is 0.310 e. The molecule has 7 nitrogen and oxygen atoms in total. The molecule has 1 amide bonds. The monoisotopic (exact) mass is 481 g/mol. The lowest BCUT2D eigenvalue weighted by atomic mass is 9.82. The van der Waals surface area contributed by atoms with Gasteiger partial charge in [-0.05, 0) is 62.6 Å². The Labute approximate surface area is 201 Å². The second-order valence-corrected chi connectivity index (χ2v) is 10.2. The number of carbonyl (C=O) groups excluding carboxylic acids is 1. The van der Waals surface area contributed by atoms with E-state index in [4.69, 9.17) is 0 Å². The van der Waals surface area contributed by atoms with Crippen LogP contribution in [-0.4, -0.2) is 32.2 Å². The van der Waals surface area contributed by atoms with Crippen molar-refractivity contribution in [2.24, 2.45) is 13.0 Å². The van der Waals surface area contributed by atoms with Gasteiger partial charge in [-0.2, -0.15) is 0 Å². The Hall–Kier alpha value is -2.78. The highest BCUT2D eigenvalue weighted by molar-refractivity contribution is 8.00. The molecule has 0 atom stereocenters. The normalized spacial score (nSPS) is 20.2. The van der Waals surface area contributed by atoms with Crippen LogP contribution in [0.15, 0.2) is 40.2 Å². The first kappa shape index (κ1) is 23.0. The van der Waals surface area contributed by atoms with Crippen LogP contribution in [0.1, 0.15) is 43.4 Å². The molecule has 9 heteroatoms. The summed E-state index contributed by atoms with van der Waals surface area (Å²) in [5.41, 5.74) is 2.63. The van der Waals surface area contributed by atoms with Crippen LogP contribution in [0.2, 0.25) is 0 Å². The van der Waals surface area contributed by atoms with Gasteiger partial charge in [0.1, 0.15) is 11.6 Å². The quantitative estimate of drug-likeness (QED) is 0.557. The zero-order valence-corrected chi connectivity index (χ0v) is 20.0. The second kappa shape index (κ2) is 9.84. The van der Waals surface area contributed by atoms with E-state index in [1.807, 2.05) is 12.1 Å². The van der Waals surface area contributed by atoms with E-state index in [1.165, 1.54) is 28.6 Å². The maximum absolute atomic E-state index is 14.6. The Kier molecular flexibility index (Phi) is 6.65. The van der Waals surface area contributed by atoms with Gasteiger partial charge in [0.05, 0.1) is 33.6 Å². The predicted molar refractivity (Wildman–Crippen MR) is 131 cm³/mol. The average molecular weight is 482 g/mol. The van der Waals surface area contributed by atoms with E-state index >= 15 is 0 Å². The van der Waals surface area contributed by atoms with Crippen molar-refractivity contribution in [1.29, 1.82) is 0 Å². The number of anilines is 1. The van der Waals surface area contributed by atoms with Gasteiger partial charge in [0, 0.05) is 31.3 Å².